The minimum absolute atomic E-state index is 0.0933. The van der Waals surface area contributed by atoms with Crippen LogP contribution in [-0.4, -0.2) is 47.7 Å². The van der Waals surface area contributed by atoms with Crippen LogP contribution in [0.4, 0.5) is 13.2 Å². The van der Waals surface area contributed by atoms with Crippen LogP contribution in [0.3, 0.4) is 0 Å². The Hall–Kier alpha value is -2.09. The maximum absolute atomic E-state index is 12.4. The van der Waals surface area contributed by atoms with Crippen molar-refractivity contribution in [1.29, 1.82) is 0 Å². The molecule has 0 bridgehead atoms. The van der Waals surface area contributed by atoms with Crippen molar-refractivity contribution in [2.45, 2.75) is 25.6 Å². The highest BCUT2D eigenvalue weighted by Gasteiger charge is 2.36. The number of nitrogens with zero attached hydrogens (tertiary/aromatic N) is 1. The number of carboxylic acid groups (broad SMARTS) is 1. The second kappa shape index (κ2) is 7.21. The molecule has 0 aliphatic carbocycles. The molecule has 0 aromatic heterocycles. The molecular weight excluding hydrogens is 325 g/mol. The summed E-state index contributed by atoms with van der Waals surface area (Å²) < 4.78 is 37.1. The third kappa shape index (κ3) is 4.95. The van der Waals surface area contributed by atoms with E-state index in [4.69, 9.17) is 5.11 Å². The van der Waals surface area contributed by atoms with Crippen LogP contribution in [0.15, 0.2) is 24.3 Å². The fourth-order valence-electron chi connectivity index (χ4n) is 2.77. The van der Waals surface area contributed by atoms with Gasteiger partial charge in [0, 0.05) is 6.54 Å². The minimum Gasteiger partial charge on any atom is -0.478 e. The van der Waals surface area contributed by atoms with E-state index in [2.05, 4.69) is 5.32 Å². The number of carbonyl (C=O) groups is 2. The molecule has 24 heavy (non-hydrogen) atoms. The summed E-state index contributed by atoms with van der Waals surface area (Å²) in [6, 6.07) is 5.76. The van der Waals surface area contributed by atoms with Crippen molar-refractivity contribution < 1.29 is 27.9 Å². The predicted molar refractivity (Wildman–Crippen MR) is 80.6 cm³/mol. The Morgan fingerprint density at radius 1 is 1.33 bits per heavy atom. The van der Waals surface area contributed by atoms with E-state index >= 15 is 0 Å². The van der Waals surface area contributed by atoms with Crippen molar-refractivity contribution in [3.05, 3.63) is 35.4 Å². The molecule has 1 saturated heterocycles. The van der Waals surface area contributed by atoms with Crippen LogP contribution in [0, 0.1) is 5.92 Å². The van der Waals surface area contributed by atoms with Gasteiger partial charge in [0.2, 0.25) is 5.91 Å². The topological polar surface area (TPSA) is 69.6 Å². The number of hydrogen-bond acceptors (Lipinski definition) is 3. The van der Waals surface area contributed by atoms with Crippen LogP contribution >= 0.6 is 0 Å². The van der Waals surface area contributed by atoms with E-state index in [0.717, 1.165) is 5.56 Å². The third-order valence-corrected chi connectivity index (χ3v) is 4.06. The number of aromatic carboxylic acids is 1. The molecule has 2 atom stereocenters. The van der Waals surface area contributed by atoms with Crippen molar-refractivity contribution in [3.63, 3.8) is 0 Å². The number of hydrogen-bond donors (Lipinski definition) is 2. The maximum Gasteiger partial charge on any atom is 0.401 e. The zero-order valence-electron chi connectivity index (χ0n) is 13.1. The molecule has 2 rings (SSSR count). The Bertz CT molecular complexity index is 602. The lowest BCUT2D eigenvalue weighted by Crippen LogP contribution is -2.36. The summed E-state index contributed by atoms with van der Waals surface area (Å²) in [6.45, 7) is 1.09. The first-order chi connectivity index (χ1) is 11.2. The molecule has 1 unspecified atom stereocenters. The minimum atomic E-state index is -4.26. The maximum atomic E-state index is 12.4. The van der Waals surface area contributed by atoms with Gasteiger partial charge in [0.05, 0.1) is 24.1 Å². The van der Waals surface area contributed by atoms with Crippen molar-refractivity contribution in [3.8, 4) is 0 Å². The molecule has 1 heterocycles. The lowest BCUT2D eigenvalue weighted by atomic mass is 10.0. The van der Waals surface area contributed by atoms with Crippen LogP contribution in [0.25, 0.3) is 0 Å². The van der Waals surface area contributed by atoms with E-state index in [-0.39, 0.29) is 30.6 Å². The van der Waals surface area contributed by atoms with Crippen LogP contribution in [0.2, 0.25) is 0 Å². The summed E-state index contributed by atoms with van der Waals surface area (Å²) in [5, 5.41) is 11.6. The largest absolute Gasteiger partial charge is 0.478 e. The molecule has 1 aromatic carbocycles. The number of alkyl halides is 3. The average molecular weight is 344 g/mol. The fourth-order valence-corrected chi connectivity index (χ4v) is 2.77. The number of rotatable bonds is 5. The number of nitrogens with one attached hydrogen (secondary N) is 1. The summed E-state index contributed by atoms with van der Waals surface area (Å²) in [6.07, 6.45) is -3.86. The highest BCUT2D eigenvalue weighted by molar-refractivity contribution is 5.87. The molecule has 1 aliphatic rings. The second-order valence-electron chi connectivity index (χ2n) is 5.99. The van der Waals surface area contributed by atoms with Crippen molar-refractivity contribution in [2.75, 3.05) is 19.6 Å². The van der Waals surface area contributed by atoms with Gasteiger partial charge in [0.15, 0.2) is 0 Å². The van der Waals surface area contributed by atoms with Crippen LogP contribution < -0.4 is 5.32 Å². The van der Waals surface area contributed by atoms with Gasteiger partial charge >= 0.3 is 12.1 Å². The predicted octanol–water partition coefficient (Wildman–Crippen LogP) is 2.45. The Morgan fingerprint density at radius 2 is 1.96 bits per heavy atom. The molecule has 0 radical (unpaired) electrons. The summed E-state index contributed by atoms with van der Waals surface area (Å²) in [5.41, 5.74) is 0.884. The zero-order chi connectivity index (χ0) is 17.9. The van der Waals surface area contributed by atoms with E-state index in [1.54, 1.807) is 19.1 Å². The lowest BCUT2D eigenvalue weighted by molar-refractivity contribution is -0.144. The molecule has 5 nitrogen and oxygen atoms in total. The lowest BCUT2D eigenvalue weighted by Gasteiger charge is -2.19. The van der Waals surface area contributed by atoms with Crippen LogP contribution in [0.1, 0.15) is 35.3 Å². The second-order valence-corrected chi connectivity index (χ2v) is 5.99. The molecule has 0 saturated carbocycles. The monoisotopic (exact) mass is 344 g/mol. The Kier molecular flexibility index (Phi) is 5.48. The number of carboxylic acids is 1. The van der Waals surface area contributed by atoms with E-state index in [9.17, 15) is 22.8 Å². The molecule has 8 heteroatoms. The molecule has 1 aliphatic heterocycles. The van der Waals surface area contributed by atoms with E-state index in [1.807, 2.05) is 0 Å². The molecule has 0 spiro atoms. The van der Waals surface area contributed by atoms with Crippen molar-refractivity contribution >= 4 is 11.9 Å². The fraction of sp³-hybridized carbons (Fsp3) is 0.500. The van der Waals surface area contributed by atoms with Gasteiger partial charge in [-0.3, -0.25) is 9.69 Å². The highest BCUT2D eigenvalue weighted by atomic mass is 19.4. The molecule has 2 N–H and O–H groups in total. The first kappa shape index (κ1) is 18.3. The van der Waals surface area contributed by atoms with Gasteiger partial charge in [0.25, 0.3) is 0 Å². The first-order valence-electron chi connectivity index (χ1n) is 7.58. The number of benzene rings is 1. The molecular formula is C16H19F3N2O3. The first-order valence-corrected chi connectivity index (χ1v) is 7.58. The molecule has 1 amide bonds. The Balaban J connectivity index is 1.89. The van der Waals surface area contributed by atoms with E-state index in [0.29, 0.717) is 6.42 Å². The highest BCUT2D eigenvalue weighted by Crippen LogP contribution is 2.23. The van der Waals surface area contributed by atoms with Gasteiger partial charge in [-0.1, -0.05) is 12.1 Å². The Labute approximate surface area is 137 Å². The normalized spacial score (nSPS) is 19.9. The smallest absolute Gasteiger partial charge is 0.401 e. The van der Waals surface area contributed by atoms with E-state index < -0.39 is 24.6 Å². The molecule has 1 fully saturated rings. The summed E-state index contributed by atoms with van der Waals surface area (Å²) >= 11 is 0. The van der Waals surface area contributed by atoms with Crippen molar-refractivity contribution in [1.82, 2.24) is 10.2 Å². The molecule has 132 valence electrons. The average Bonchev–Trinajstić information content (AvgIpc) is 2.93. The van der Waals surface area contributed by atoms with Gasteiger partial charge in [-0.05, 0) is 37.6 Å². The van der Waals surface area contributed by atoms with Crippen LogP contribution in [-0.2, 0) is 4.79 Å². The number of carbonyl (C=O) groups excluding carboxylic acids is 1. The quantitative estimate of drug-likeness (QED) is 0.861. The Morgan fingerprint density at radius 3 is 2.50 bits per heavy atom. The zero-order valence-corrected chi connectivity index (χ0v) is 13.1. The number of halogens is 3. The van der Waals surface area contributed by atoms with Crippen LogP contribution in [0.5, 0.6) is 0 Å². The van der Waals surface area contributed by atoms with Gasteiger partial charge < -0.3 is 10.4 Å². The number of amides is 1. The standard InChI is InChI=1S/C16H19F3N2O3/c1-10(11-2-4-12(5-3-11)15(23)24)20-14(22)13-6-7-21(8-13)9-16(17,18)19/h2-5,10,13H,6-9H2,1H3,(H,20,22)(H,23,24)/t10-,13?/m0/s1. The molecule has 1 aromatic rings. The SMILES string of the molecule is C[C@H](NC(=O)C1CCN(CC(F)(F)F)C1)c1ccc(C(=O)O)cc1. The van der Waals surface area contributed by atoms with Gasteiger partial charge in [-0.15, -0.1) is 0 Å². The summed E-state index contributed by atoms with van der Waals surface area (Å²) in [7, 11) is 0. The van der Waals surface area contributed by atoms with Crippen molar-refractivity contribution in [2.24, 2.45) is 5.92 Å². The van der Waals surface area contributed by atoms with Gasteiger partial charge in [0.1, 0.15) is 0 Å². The van der Waals surface area contributed by atoms with Gasteiger partial charge in [-0.2, -0.15) is 13.2 Å². The summed E-state index contributed by atoms with van der Waals surface area (Å²) in [5.74, 6) is -1.78. The van der Waals surface area contributed by atoms with E-state index in [1.165, 1.54) is 17.0 Å². The third-order valence-electron chi connectivity index (χ3n) is 4.06. The summed E-state index contributed by atoms with van der Waals surface area (Å²) in [4.78, 5) is 24.2. The van der Waals surface area contributed by atoms with Gasteiger partial charge in [-0.25, -0.2) is 4.79 Å². The number of likely N-dealkylation sites (tertiary alicyclic amines) is 1.